The number of fused-ring (bicyclic) bond motifs is 1. The Kier molecular flexibility index (Phi) is 6.57. The Morgan fingerprint density at radius 2 is 1.58 bits per heavy atom. The van der Waals surface area contributed by atoms with Crippen LogP contribution in [0.5, 0.6) is 0 Å². The van der Waals surface area contributed by atoms with Crippen molar-refractivity contribution in [2.24, 2.45) is 0 Å². The van der Waals surface area contributed by atoms with Gasteiger partial charge in [-0.05, 0) is 56.2 Å². The second kappa shape index (κ2) is 9.61. The third kappa shape index (κ3) is 4.31. The van der Waals surface area contributed by atoms with E-state index < -0.39 is 35.6 Å². The highest BCUT2D eigenvalue weighted by atomic mass is 16.5. The number of Topliss-reactive ketones (excluding diaryl/α,β-unsaturated/α-hetero) is 1. The molecule has 0 spiro atoms. The second-order valence-electron chi connectivity index (χ2n) is 8.47. The predicted octanol–water partition coefficient (Wildman–Crippen LogP) is 3.64. The molecule has 0 fully saturated rings. The van der Waals surface area contributed by atoms with E-state index in [1.54, 1.807) is 50.2 Å². The van der Waals surface area contributed by atoms with E-state index in [0.717, 1.165) is 4.90 Å². The lowest BCUT2D eigenvalue weighted by Gasteiger charge is -2.15. The first-order valence-electron chi connectivity index (χ1n) is 11.2. The van der Waals surface area contributed by atoms with Gasteiger partial charge in [0.25, 0.3) is 11.8 Å². The molecule has 0 unspecified atom stereocenters. The molecule has 184 valence electrons. The van der Waals surface area contributed by atoms with E-state index in [1.165, 1.54) is 26.2 Å². The minimum absolute atomic E-state index is 0.0147. The summed E-state index contributed by atoms with van der Waals surface area (Å²) in [7, 11) is 1.25. The molecule has 9 heteroatoms. The molecule has 1 atom stereocenters. The number of imide groups is 1. The van der Waals surface area contributed by atoms with Crippen molar-refractivity contribution in [2.75, 3.05) is 7.11 Å². The van der Waals surface area contributed by atoms with Gasteiger partial charge in [0.15, 0.2) is 6.10 Å². The van der Waals surface area contributed by atoms with Crippen LogP contribution in [-0.2, 0) is 16.0 Å². The lowest BCUT2D eigenvalue weighted by molar-refractivity contribution is 0.0316. The number of ether oxygens (including phenoxy) is 2. The molecular weight excluding hydrogens is 464 g/mol. The monoisotopic (exact) mass is 488 g/mol. The molecule has 36 heavy (non-hydrogen) atoms. The fourth-order valence-electron chi connectivity index (χ4n) is 4.25. The number of carbonyl (C=O) groups is 5. The molecule has 0 bridgehead atoms. The van der Waals surface area contributed by atoms with Gasteiger partial charge in [0.2, 0.25) is 5.78 Å². The van der Waals surface area contributed by atoms with Gasteiger partial charge in [-0.2, -0.15) is 0 Å². The minimum atomic E-state index is -1.14. The molecule has 0 radical (unpaired) electrons. The fraction of sp³-hybridized carbons (Fsp3) is 0.222. The van der Waals surface area contributed by atoms with E-state index in [9.17, 15) is 24.0 Å². The Labute approximate surface area is 207 Å². The highest BCUT2D eigenvalue weighted by Crippen LogP contribution is 2.25. The number of methoxy groups -OCH3 is 1. The molecule has 2 aromatic carbocycles. The molecule has 9 nitrogen and oxygen atoms in total. The molecular formula is C27H24N2O7. The van der Waals surface area contributed by atoms with Crippen molar-refractivity contribution in [3.63, 3.8) is 0 Å². The summed E-state index contributed by atoms with van der Waals surface area (Å²) in [5.41, 5.74) is 2.71. The summed E-state index contributed by atoms with van der Waals surface area (Å²) in [6.45, 7) is 4.68. The number of hydrogen-bond donors (Lipinski definition) is 1. The Balaban J connectivity index is 1.47. The number of ketones is 1. The predicted molar refractivity (Wildman–Crippen MR) is 128 cm³/mol. The van der Waals surface area contributed by atoms with Gasteiger partial charge in [0.05, 0.1) is 41.6 Å². The van der Waals surface area contributed by atoms with E-state index in [2.05, 4.69) is 4.98 Å². The number of benzene rings is 2. The zero-order chi connectivity index (χ0) is 26.1. The topological polar surface area (TPSA) is 123 Å². The van der Waals surface area contributed by atoms with Crippen molar-refractivity contribution in [1.82, 2.24) is 9.88 Å². The number of hydrogen-bond acceptors (Lipinski definition) is 7. The van der Waals surface area contributed by atoms with E-state index >= 15 is 0 Å². The SMILES string of the molecule is COC(=O)c1c(C)[nH]c(C(=O)[C@H](C)OC(=O)c2cccc(CN3C(=O)c4ccccc4C3=O)c2)c1C. The number of H-pyrrole nitrogens is 1. The number of amides is 2. The highest BCUT2D eigenvalue weighted by Gasteiger charge is 2.35. The number of aryl methyl sites for hydroxylation is 1. The summed E-state index contributed by atoms with van der Waals surface area (Å²) in [6.07, 6.45) is -1.14. The van der Waals surface area contributed by atoms with Crippen LogP contribution in [0.15, 0.2) is 48.5 Å². The maximum absolute atomic E-state index is 12.9. The van der Waals surface area contributed by atoms with Gasteiger partial charge in [0, 0.05) is 5.69 Å². The maximum Gasteiger partial charge on any atom is 0.339 e. The van der Waals surface area contributed by atoms with Crippen molar-refractivity contribution in [3.05, 3.63) is 93.3 Å². The van der Waals surface area contributed by atoms with E-state index in [1.807, 2.05) is 0 Å². The molecule has 1 aliphatic rings. The van der Waals surface area contributed by atoms with Crippen LogP contribution in [0.25, 0.3) is 0 Å². The van der Waals surface area contributed by atoms with Crippen molar-refractivity contribution in [3.8, 4) is 0 Å². The normalized spacial score (nSPS) is 13.4. The third-order valence-electron chi connectivity index (χ3n) is 6.11. The highest BCUT2D eigenvalue weighted by molar-refractivity contribution is 6.21. The molecule has 1 aromatic heterocycles. The van der Waals surface area contributed by atoms with Crippen LogP contribution < -0.4 is 0 Å². The summed E-state index contributed by atoms with van der Waals surface area (Å²) >= 11 is 0. The smallest absolute Gasteiger partial charge is 0.339 e. The maximum atomic E-state index is 12.9. The molecule has 2 amide bonds. The summed E-state index contributed by atoms with van der Waals surface area (Å²) in [4.78, 5) is 67.0. The summed E-state index contributed by atoms with van der Waals surface area (Å²) < 4.78 is 10.2. The molecule has 0 aliphatic carbocycles. The van der Waals surface area contributed by atoms with Gasteiger partial charge in [-0.3, -0.25) is 19.3 Å². The van der Waals surface area contributed by atoms with Crippen molar-refractivity contribution < 1.29 is 33.4 Å². The molecule has 2 heterocycles. The number of nitrogens with one attached hydrogen (secondary N) is 1. The van der Waals surface area contributed by atoms with Gasteiger partial charge in [0.1, 0.15) is 0 Å². The Morgan fingerprint density at radius 1 is 0.944 bits per heavy atom. The number of aromatic amines is 1. The number of nitrogens with zero attached hydrogens (tertiary/aromatic N) is 1. The zero-order valence-corrected chi connectivity index (χ0v) is 20.2. The first-order chi connectivity index (χ1) is 17.1. The van der Waals surface area contributed by atoms with Crippen LogP contribution in [0, 0.1) is 13.8 Å². The van der Waals surface area contributed by atoms with Crippen molar-refractivity contribution >= 4 is 29.5 Å². The first-order valence-corrected chi connectivity index (χ1v) is 11.2. The molecule has 4 rings (SSSR count). The Hall–Kier alpha value is -4.53. The van der Waals surface area contributed by atoms with E-state index in [4.69, 9.17) is 9.47 Å². The number of esters is 2. The van der Waals surface area contributed by atoms with Crippen LogP contribution in [0.3, 0.4) is 0 Å². The molecule has 1 aliphatic heterocycles. The number of carbonyl (C=O) groups excluding carboxylic acids is 5. The molecule has 3 aromatic rings. The standard InChI is InChI=1S/C27H24N2O7/c1-14-21(27(34)35-4)15(2)28-22(14)23(30)16(3)36-26(33)18-9-7-8-17(12-18)13-29-24(31)19-10-5-6-11-20(19)25(29)32/h5-12,16,28H,13H2,1-4H3/t16-/m0/s1. The van der Waals surface area contributed by atoms with Gasteiger partial charge in [-0.25, -0.2) is 9.59 Å². The van der Waals surface area contributed by atoms with Crippen LogP contribution >= 0.6 is 0 Å². The van der Waals surface area contributed by atoms with Gasteiger partial charge in [-0.1, -0.05) is 24.3 Å². The summed E-state index contributed by atoms with van der Waals surface area (Å²) in [6, 6.07) is 12.9. The largest absolute Gasteiger partial charge is 0.465 e. The van der Waals surface area contributed by atoms with Crippen LogP contribution in [0.2, 0.25) is 0 Å². The lowest BCUT2D eigenvalue weighted by atomic mass is 10.1. The quantitative estimate of drug-likeness (QED) is 0.306. The Morgan fingerprint density at radius 3 is 2.19 bits per heavy atom. The van der Waals surface area contributed by atoms with E-state index in [0.29, 0.717) is 27.9 Å². The van der Waals surface area contributed by atoms with Gasteiger partial charge < -0.3 is 14.5 Å². The van der Waals surface area contributed by atoms with Crippen LogP contribution in [0.1, 0.15) is 75.7 Å². The van der Waals surface area contributed by atoms with E-state index in [-0.39, 0.29) is 23.4 Å². The summed E-state index contributed by atoms with van der Waals surface area (Å²) in [5.74, 6) is -2.60. The van der Waals surface area contributed by atoms with Crippen LogP contribution in [0.4, 0.5) is 0 Å². The average molecular weight is 488 g/mol. The number of rotatable bonds is 7. The molecule has 0 saturated carbocycles. The average Bonchev–Trinajstić information content (AvgIpc) is 3.30. The molecule has 0 saturated heterocycles. The third-order valence-corrected chi connectivity index (χ3v) is 6.11. The van der Waals surface area contributed by atoms with Gasteiger partial charge >= 0.3 is 11.9 Å². The second-order valence-corrected chi connectivity index (χ2v) is 8.47. The Bertz CT molecular complexity index is 1380. The summed E-state index contributed by atoms with van der Waals surface area (Å²) in [5, 5.41) is 0. The first kappa shape index (κ1) is 24.6. The van der Waals surface area contributed by atoms with Crippen LogP contribution in [-0.4, -0.2) is 52.6 Å². The fourth-order valence-corrected chi connectivity index (χ4v) is 4.25. The van der Waals surface area contributed by atoms with Gasteiger partial charge in [-0.15, -0.1) is 0 Å². The number of aromatic nitrogens is 1. The minimum Gasteiger partial charge on any atom is -0.465 e. The molecule has 1 N–H and O–H groups in total. The van der Waals surface area contributed by atoms with Crippen molar-refractivity contribution in [2.45, 2.75) is 33.4 Å². The van der Waals surface area contributed by atoms with Crippen molar-refractivity contribution in [1.29, 1.82) is 0 Å². The zero-order valence-electron chi connectivity index (χ0n) is 20.2. The lowest BCUT2D eigenvalue weighted by Crippen LogP contribution is -2.29.